The van der Waals surface area contributed by atoms with Crippen molar-refractivity contribution in [3.63, 3.8) is 0 Å². The minimum Gasteiger partial charge on any atom is -0.345 e. The van der Waals surface area contributed by atoms with Crippen LogP contribution in [0.4, 0.5) is 0 Å². The average Bonchev–Trinajstić information content (AvgIpc) is 3.12. The van der Waals surface area contributed by atoms with E-state index in [4.69, 9.17) is 0 Å². The largest absolute Gasteiger partial charge is 0.345 e. The summed E-state index contributed by atoms with van der Waals surface area (Å²) >= 11 is 0. The Balaban J connectivity index is 1.90. The van der Waals surface area contributed by atoms with Gasteiger partial charge >= 0.3 is 0 Å². The van der Waals surface area contributed by atoms with E-state index in [1.807, 2.05) is 43.5 Å². The van der Waals surface area contributed by atoms with Gasteiger partial charge in [0, 0.05) is 18.9 Å². The summed E-state index contributed by atoms with van der Waals surface area (Å²) in [4.78, 5) is 23.9. The molecular formula is C16H21N5O2. The lowest BCUT2D eigenvalue weighted by molar-refractivity contribution is -0.139. The first-order valence-electron chi connectivity index (χ1n) is 7.49. The van der Waals surface area contributed by atoms with Gasteiger partial charge in [0.15, 0.2) is 0 Å². The Hall–Kier alpha value is -2.51. The van der Waals surface area contributed by atoms with Crippen LogP contribution < -0.4 is 16.2 Å². The molecule has 1 aromatic carbocycles. The number of hydrazine groups is 1. The second kappa shape index (κ2) is 8.21. The average molecular weight is 315 g/mol. The predicted octanol–water partition coefficient (Wildman–Crippen LogP) is 0.560. The maximum absolute atomic E-state index is 12.0. The van der Waals surface area contributed by atoms with Crippen LogP contribution in [0.25, 0.3) is 5.69 Å². The van der Waals surface area contributed by atoms with Crippen molar-refractivity contribution in [2.45, 2.75) is 25.9 Å². The van der Waals surface area contributed by atoms with Gasteiger partial charge in [-0.2, -0.15) is 5.10 Å². The summed E-state index contributed by atoms with van der Waals surface area (Å²) < 4.78 is 1.75. The molecule has 0 saturated carbocycles. The lowest BCUT2D eigenvalue weighted by atomic mass is 10.1. The number of Topliss-reactive ketones (excluding diaryl/α,β-unsaturated/α-hetero) is 1. The molecule has 1 amide bonds. The lowest BCUT2D eigenvalue weighted by Crippen LogP contribution is -2.48. The van der Waals surface area contributed by atoms with Crippen LogP contribution in [0.15, 0.2) is 42.7 Å². The van der Waals surface area contributed by atoms with E-state index in [1.165, 1.54) is 0 Å². The van der Waals surface area contributed by atoms with Gasteiger partial charge in [0.2, 0.25) is 5.78 Å². The number of benzene rings is 1. The molecule has 0 fully saturated rings. The third-order valence-electron chi connectivity index (χ3n) is 3.43. The molecule has 7 heteroatoms. The Bertz CT molecular complexity index is 637. The molecule has 0 aliphatic heterocycles. The summed E-state index contributed by atoms with van der Waals surface area (Å²) in [5.74, 6) is -1.06. The van der Waals surface area contributed by atoms with Crippen molar-refractivity contribution in [1.82, 2.24) is 25.9 Å². The molecule has 2 aromatic rings. The van der Waals surface area contributed by atoms with Gasteiger partial charge in [0.05, 0.1) is 11.7 Å². The second-order valence-corrected chi connectivity index (χ2v) is 5.02. The Kier molecular flexibility index (Phi) is 6.02. The molecule has 23 heavy (non-hydrogen) atoms. The highest BCUT2D eigenvalue weighted by Gasteiger charge is 2.22. The van der Waals surface area contributed by atoms with Crippen molar-refractivity contribution in [2.24, 2.45) is 0 Å². The summed E-state index contributed by atoms with van der Waals surface area (Å²) in [5.41, 5.74) is 7.30. The molecule has 1 atom stereocenters. The van der Waals surface area contributed by atoms with E-state index >= 15 is 0 Å². The first-order valence-corrected chi connectivity index (χ1v) is 7.49. The molecule has 0 bridgehead atoms. The molecule has 2 rings (SSSR count). The normalized spacial score (nSPS) is 11.9. The number of hydrogen-bond acceptors (Lipinski definition) is 5. The molecule has 122 valence electrons. The lowest BCUT2D eigenvalue weighted by Gasteiger charge is -2.14. The first kappa shape index (κ1) is 16.9. The molecule has 0 saturated heterocycles. The molecule has 1 unspecified atom stereocenters. The van der Waals surface area contributed by atoms with Crippen LogP contribution in [-0.4, -0.2) is 34.6 Å². The molecule has 0 aliphatic carbocycles. The predicted molar refractivity (Wildman–Crippen MR) is 86.7 cm³/mol. The van der Waals surface area contributed by atoms with Gasteiger partial charge in [0.25, 0.3) is 5.91 Å². The van der Waals surface area contributed by atoms with Crippen molar-refractivity contribution in [3.8, 4) is 5.69 Å². The van der Waals surface area contributed by atoms with E-state index in [0.717, 1.165) is 11.3 Å². The SMILES string of the molecule is CCC(NNC)C(=O)C(=O)NCc1ccc(-n2cccn2)cc1. The smallest absolute Gasteiger partial charge is 0.289 e. The van der Waals surface area contributed by atoms with Crippen LogP contribution in [0.1, 0.15) is 18.9 Å². The van der Waals surface area contributed by atoms with Gasteiger partial charge in [-0.25, -0.2) is 10.1 Å². The third-order valence-corrected chi connectivity index (χ3v) is 3.43. The number of nitrogens with one attached hydrogen (secondary N) is 3. The highest BCUT2D eigenvalue weighted by atomic mass is 16.2. The number of rotatable bonds is 8. The summed E-state index contributed by atoms with van der Waals surface area (Å²) in [6.45, 7) is 2.15. The molecule has 1 heterocycles. The third kappa shape index (κ3) is 4.48. The van der Waals surface area contributed by atoms with E-state index in [0.29, 0.717) is 13.0 Å². The molecule has 1 aromatic heterocycles. The van der Waals surface area contributed by atoms with Gasteiger partial charge in [-0.3, -0.25) is 15.0 Å². The fraction of sp³-hybridized carbons (Fsp3) is 0.312. The zero-order valence-corrected chi connectivity index (χ0v) is 13.2. The summed E-state index contributed by atoms with van der Waals surface area (Å²) in [6, 6.07) is 8.93. The van der Waals surface area contributed by atoms with Crippen LogP contribution in [0.3, 0.4) is 0 Å². The van der Waals surface area contributed by atoms with Crippen LogP contribution in [0.2, 0.25) is 0 Å². The number of aromatic nitrogens is 2. The summed E-state index contributed by atoms with van der Waals surface area (Å²) in [5, 5.41) is 6.80. The summed E-state index contributed by atoms with van der Waals surface area (Å²) in [7, 11) is 1.66. The number of amides is 1. The molecular weight excluding hydrogens is 294 g/mol. The first-order chi connectivity index (χ1) is 11.2. The fourth-order valence-corrected chi connectivity index (χ4v) is 2.14. The van der Waals surface area contributed by atoms with Crippen molar-refractivity contribution in [1.29, 1.82) is 0 Å². The Morgan fingerprint density at radius 1 is 1.26 bits per heavy atom. The topological polar surface area (TPSA) is 88.0 Å². The number of hydrogen-bond donors (Lipinski definition) is 3. The highest BCUT2D eigenvalue weighted by Crippen LogP contribution is 2.08. The van der Waals surface area contributed by atoms with E-state index in [-0.39, 0.29) is 0 Å². The van der Waals surface area contributed by atoms with Crippen LogP contribution >= 0.6 is 0 Å². The van der Waals surface area contributed by atoms with Crippen LogP contribution in [-0.2, 0) is 16.1 Å². The second-order valence-electron chi connectivity index (χ2n) is 5.02. The number of nitrogens with zero attached hydrogens (tertiary/aromatic N) is 2. The fourth-order valence-electron chi connectivity index (χ4n) is 2.14. The number of carbonyl (C=O) groups excluding carboxylic acids is 2. The molecule has 0 aliphatic rings. The quantitative estimate of drug-likeness (QED) is 0.489. The van der Waals surface area contributed by atoms with E-state index < -0.39 is 17.7 Å². The Morgan fingerprint density at radius 2 is 2.00 bits per heavy atom. The zero-order valence-electron chi connectivity index (χ0n) is 13.2. The Labute approximate surface area is 135 Å². The highest BCUT2D eigenvalue weighted by molar-refractivity contribution is 6.38. The minimum atomic E-state index is -0.587. The van der Waals surface area contributed by atoms with E-state index in [1.54, 1.807) is 17.9 Å². The van der Waals surface area contributed by atoms with Gasteiger partial charge in [-0.1, -0.05) is 19.1 Å². The van der Waals surface area contributed by atoms with E-state index in [9.17, 15) is 9.59 Å². The van der Waals surface area contributed by atoms with Crippen molar-refractivity contribution < 1.29 is 9.59 Å². The molecule has 3 N–H and O–H groups in total. The maximum Gasteiger partial charge on any atom is 0.289 e. The number of ketones is 1. The van der Waals surface area contributed by atoms with Crippen molar-refractivity contribution in [3.05, 3.63) is 48.3 Å². The maximum atomic E-state index is 12.0. The van der Waals surface area contributed by atoms with Gasteiger partial charge < -0.3 is 5.32 Å². The molecule has 0 spiro atoms. The number of carbonyl (C=O) groups is 2. The van der Waals surface area contributed by atoms with Crippen LogP contribution in [0, 0.1) is 0 Å². The van der Waals surface area contributed by atoms with E-state index in [2.05, 4.69) is 21.3 Å². The van der Waals surface area contributed by atoms with Gasteiger partial charge in [-0.05, 0) is 37.2 Å². The Morgan fingerprint density at radius 3 is 2.57 bits per heavy atom. The minimum absolute atomic E-state index is 0.306. The molecule has 7 nitrogen and oxygen atoms in total. The van der Waals surface area contributed by atoms with Crippen LogP contribution in [0.5, 0.6) is 0 Å². The molecule has 0 radical (unpaired) electrons. The van der Waals surface area contributed by atoms with Gasteiger partial charge in [-0.15, -0.1) is 0 Å². The van der Waals surface area contributed by atoms with Crippen molar-refractivity contribution >= 4 is 11.7 Å². The monoisotopic (exact) mass is 315 g/mol. The van der Waals surface area contributed by atoms with Gasteiger partial charge in [0.1, 0.15) is 0 Å². The zero-order chi connectivity index (χ0) is 16.7. The standard InChI is InChI=1S/C16H21N5O2/c1-3-14(20-17-2)15(22)16(23)18-11-12-5-7-13(8-6-12)21-10-4-9-19-21/h4-10,14,17,20H,3,11H2,1-2H3,(H,18,23). The van der Waals surface area contributed by atoms with Crippen molar-refractivity contribution in [2.75, 3.05) is 7.05 Å². The summed E-state index contributed by atoms with van der Waals surface area (Å²) in [6.07, 6.45) is 4.10.